The van der Waals surface area contributed by atoms with Gasteiger partial charge in [-0.05, 0) is 25.1 Å². The minimum Gasteiger partial charge on any atom is -0.322 e. The largest absolute Gasteiger partial charge is 0.322 e. The van der Waals surface area contributed by atoms with Crippen LogP contribution in [0.25, 0.3) is 11.0 Å². The van der Waals surface area contributed by atoms with E-state index in [0.29, 0.717) is 6.54 Å². The molecule has 0 bridgehead atoms. The van der Waals surface area contributed by atoms with Gasteiger partial charge in [-0.25, -0.2) is 4.98 Å². The quantitative estimate of drug-likeness (QED) is 0.670. The van der Waals surface area contributed by atoms with Crippen LogP contribution in [0.3, 0.4) is 0 Å². The summed E-state index contributed by atoms with van der Waals surface area (Å²) in [7, 11) is 1.91. The Kier molecular flexibility index (Phi) is 3.56. The topological polar surface area (TPSA) is 35.6 Å². The van der Waals surface area contributed by atoms with Gasteiger partial charge in [0.05, 0.1) is 29.2 Å². The molecule has 104 valence electrons. The Labute approximate surface area is 130 Å². The summed E-state index contributed by atoms with van der Waals surface area (Å²) in [6, 6.07) is 6.07. The van der Waals surface area contributed by atoms with E-state index in [-0.39, 0.29) is 5.38 Å². The predicted octanol–water partition coefficient (Wildman–Crippen LogP) is 3.88. The van der Waals surface area contributed by atoms with Crippen LogP contribution >= 0.6 is 27.5 Å². The first-order valence-corrected chi connectivity index (χ1v) is 7.55. The molecule has 0 aliphatic heterocycles. The van der Waals surface area contributed by atoms with Gasteiger partial charge in [0.1, 0.15) is 5.82 Å². The molecule has 3 aromatic rings. The number of rotatable bonds is 3. The normalized spacial score (nSPS) is 13.0. The van der Waals surface area contributed by atoms with E-state index in [1.54, 1.807) is 4.68 Å². The van der Waals surface area contributed by atoms with Gasteiger partial charge in [-0.3, -0.25) is 4.68 Å². The highest BCUT2D eigenvalue weighted by Gasteiger charge is 2.15. The Hall–Kier alpha value is -1.33. The maximum absolute atomic E-state index is 6.28. The highest BCUT2D eigenvalue weighted by Crippen LogP contribution is 2.27. The summed E-state index contributed by atoms with van der Waals surface area (Å²) in [5, 5.41) is 4.07. The lowest BCUT2D eigenvalue weighted by Gasteiger charge is -2.09. The van der Waals surface area contributed by atoms with Crippen LogP contribution in [0.2, 0.25) is 0 Å². The molecule has 1 atom stereocenters. The van der Waals surface area contributed by atoms with Crippen molar-refractivity contribution in [1.82, 2.24) is 19.3 Å². The molecule has 0 aliphatic rings. The summed E-state index contributed by atoms with van der Waals surface area (Å²) in [5.41, 5.74) is 3.16. The molecule has 0 saturated heterocycles. The number of halogens is 2. The number of nitrogens with zero attached hydrogens (tertiary/aromatic N) is 4. The summed E-state index contributed by atoms with van der Waals surface area (Å²) in [6.07, 6.45) is 3.87. The van der Waals surface area contributed by atoms with E-state index < -0.39 is 0 Å². The van der Waals surface area contributed by atoms with Gasteiger partial charge in [-0.2, -0.15) is 5.10 Å². The van der Waals surface area contributed by atoms with Crippen molar-refractivity contribution in [2.45, 2.75) is 18.8 Å². The lowest BCUT2D eigenvalue weighted by atomic mass is 10.3. The van der Waals surface area contributed by atoms with Gasteiger partial charge in [0.15, 0.2) is 0 Å². The molecule has 0 amide bonds. The third-order valence-corrected chi connectivity index (χ3v) is 3.88. The van der Waals surface area contributed by atoms with E-state index in [4.69, 9.17) is 11.6 Å². The van der Waals surface area contributed by atoms with Gasteiger partial charge in [-0.1, -0.05) is 15.9 Å². The first-order chi connectivity index (χ1) is 9.54. The smallest absolute Gasteiger partial charge is 0.128 e. The van der Waals surface area contributed by atoms with E-state index in [9.17, 15) is 0 Å². The molecule has 0 N–H and O–H groups in total. The van der Waals surface area contributed by atoms with E-state index in [2.05, 4.69) is 36.6 Å². The molecule has 2 aromatic heterocycles. The van der Waals surface area contributed by atoms with Crippen molar-refractivity contribution < 1.29 is 0 Å². The van der Waals surface area contributed by atoms with E-state index in [1.807, 2.05) is 38.5 Å². The molecule has 1 aromatic carbocycles. The fourth-order valence-corrected chi connectivity index (χ4v) is 2.84. The van der Waals surface area contributed by atoms with Crippen LogP contribution in [0.15, 0.2) is 35.1 Å². The van der Waals surface area contributed by atoms with E-state index >= 15 is 0 Å². The Bertz CT molecular complexity index is 760. The van der Waals surface area contributed by atoms with Gasteiger partial charge < -0.3 is 4.57 Å². The predicted molar refractivity (Wildman–Crippen MR) is 84.0 cm³/mol. The van der Waals surface area contributed by atoms with Crippen LogP contribution in [-0.4, -0.2) is 19.3 Å². The van der Waals surface area contributed by atoms with Crippen LogP contribution in [0.5, 0.6) is 0 Å². The second-order valence-corrected chi connectivity index (χ2v) is 6.40. The van der Waals surface area contributed by atoms with Gasteiger partial charge in [0, 0.05) is 23.3 Å². The molecular weight excluding hydrogens is 340 g/mol. The molecule has 6 heteroatoms. The van der Waals surface area contributed by atoms with Crippen molar-refractivity contribution in [2.75, 3.05) is 0 Å². The molecule has 20 heavy (non-hydrogen) atoms. The minimum absolute atomic E-state index is 0.141. The molecule has 3 rings (SSSR count). The Morgan fingerprint density at radius 3 is 2.85 bits per heavy atom. The number of imidazole rings is 1. The fourth-order valence-electron chi connectivity index (χ4n) is 2.32. The van der Waals surface area contributed by atoms with Crippen LogP contribution in [-0.2, 0) is 13.6 Å². The molecular formula is C14H14BrClN4. The molecule has 1 unspecified atom stereocenters. The lowest BCUT2D eigenvalue weighted by Crippen LogP contribution is -2.05. The van der Waals surface area contributed by atoms with Crippen molar-refractivity contribution in [3.8, 4) is 0 Å². The maximum atomic E-state index is 6.28. The zero-order valence-electron chi connectivity index (χ0n) is 11.2. The van der Waals surface area contributed by atoms with Crippen LogP contribution < -0.4 is 0 Å². The minimum atomic E-state index is -0.141. The van der Waals surface area contributed by atoms with Crippen molar-refractivity contribution in [2.24, 2.45) is 7.05 Å². The van der Waals surface area contributed by atoms with Gasteiger partial charge in [0.2, 0.25) is 0 Å². The Morgan fingerprint density at radius 1 is 1.40 bits per heavy atom. The van der Waals surface area contributed by atoms with Crippen LogP contribution in [0, 0.1) is 0 Å². The second-order valence-electron chi connectivity index (χ2n) is 4.83. The number of alkyl halides is 1. The lowest BCUT2D eigenvalue weighted by molar-refractivity contribution is 0.738. The van der Waals surface area contributed by atoms with Crippen molar-refractivity contribution >= 4 is 38.6 Å². The first-order valence-electron chi connectivity index (χ1n) is 6.32. The molecule has 0 saturated carbocycles. The van der Waals surface area contributed by atoms with Gasteiger partial charge in [-0.15, -0.1) is 11.6 Å². The number of aromatic nitrogens is 4. The number of aryl methyl sites for hydroxylation is 1. The fraction of sp³-hybridized carbons (Fsp3) is 0.286. The zero-order chi connectivity index (χ0) is 14.3. The second kappa shape index (κ2) is 5.22. The molecule has 4 nitrogen and oxygen atoms in total. The summed E-state index contributed by atoms with van der Waals surface area (Å²) < 4.78 is 4.98. The zero-order valence-corrected chi connectivity index (χ0v) is 13.6. The third kappa shape index (κ3) is 2.47. The molecule has 0 radical (unpaired) electrons. The van der Waals surface area contributed by atoms with E-state index in [1.165, 1.54) is 0 Å². The first kappa shape index (κ1) is 13.6. The number of fused-ring (bicyclic) bond motifs is 1. The molecule has 0 aliphatic carbocycles. The summed E-state index contributed by atoms with van der Waals surface area (Å²) in [6.45, 7) is 2.66. The average Bonchev–Trinajstić information content (AvgIpc) is 2.95. The van der Waals surface area contributed by atoms with E-state index in [0.717, 1.165) is 26.9 Å². The van der Waals surface area contributed by atoms with Crippen molar-refractivity contribution in [3.63, 3.8) is 0 Å². The molecule has 2 heterocycles. The molecule has 0 spiro atoms. The van der Waals surface area contributed by atoms with Crippen LogP contribution in [0.4, 0.5) is 0 Å². The Balaban J connectivity index is 2.15. The van der Waals surface area contributed by atoms with Crippen molar-refractivity contribution in [1.29, 1.82) is 0 Å². The number of hydrogen-bond donors (Lipinski definition) is 0. The van der Waals surface area contributed by atoms with Crippen LogP contribution in [0.1, 0.15) is 23.7 Å². The number of hydrogen-bond acceptors (Lipinski definition) is 2. The average molecular weight is 354 g/mol. The van der Waals surface area contributed by atoms with Crippen molar-refractivity contribution in [3.05, 3.63) is 46.5 Å². The summed E-state index contributed by atoms with van der Waals surface area (Å²) in [4.78, 5) is 4.64. The highest BCUT2D eigenvalue weighted by atomic mass is 79.9. The SMILES string of the molecule is CC(Cl)c1nc2ccc(Br)cc2n1Cc1cnn(C)c1. The highest BCUT2D eigenvalue weighted by molar-refractivity contribution is 9.10. The maximum Gasteiger partial charge on any atom is 0.128 e. The Morgan fingerprint density at radius 2 is 2.20 bits per heavy atom. The third-order valence-electron chi connectivity index (χ3n) is 3.19. The van der Waals surface area contributed by atoms with Gasteiger partial charge >= 0.3 is 0 Å². The number of benzene rings is 1. The van der Waals surface area contributed by atoms with Gasteiger partial charge in [0.25, 0.3) is 0 Å². The monoisotopic (exact) mass is 352 g/mol. The molecule has 0 fully saturated rings. The summed E-state index contributed by atoms with van der Waals surface area (Å²) in [5.74, 6) is 0.878. The summed E-state index contributed by atoms with van der Waals surface area (Å²) >= 11 is 9.79. The standard InChI is InChI=1S/C14H14BrClN4/c1-9(16)14-18-12-4-3-11(15)5-13(12)20(14)8-10-6-17-19(2)7-10/h3-7,9H,8H2,1-2H3.